The topological polar surface area (TPSA) is 34.0 Å². The number of hydrogen-bond donors (Lipinski definition) is 0. The first-order chi connectivity index (χ1) is 6.20. The van der Waals surface area contributed by atoms with Crippen LogP contribution < -0.4 is 4.90 Å². The molecular weight excluding hydrogens is 164 g/mol. The summed E-state index contributed by atoms with van der Waals surface area (Å²) in [5.41, 5.74) is 2.06. The Morgan fingerprint density at radius 3 is 2.77 bits per heavy atom. The van der Waals surface area contributed by atoms with Gasteiger partial charge in [0.1, 0.15) is 5.52 Å². The normalized spacial score (nSPS) is 10.7. The van der Waals surface area contributed by atoms with E-state index in [2.05, 4.69) is 9.97 Å². The third-order valence-corrected chi connectivity index (χ3v) is 2.05. The summed E-state index contributed by atoms with van der Waals surface area (Å²) in [4.78, 5) is 10.5. The fourth-order valence-corrected chi connectivity index (χ4v) is 1.38. The predicted octanol–water partition coefficient (Wildman–Crippen LogP) is 1.03. The molecule has 68 valence electrons. The van der Waals surface area contributed by atoms with Crippen molar-refractivity contribution in [1.29, 1.82) is 0 Å². The lowest BCUT2D eigenvalue weighted by Crippen LogP contribution is -2.10. The van der Waals surface area contributed by atoms with Gasteiger partial charge < -0.3 is 9.47 Å². The van der Waals surface area contributed by atoms with Crippen LogP contribution in [0.1, 0.15) is 0 Å². The van der Waals surface area contributed by atoms with Crippen molar-refractivity contribution in [3.63, 3.8) is 0 Å². The van der Waals surface area contributed by atoms with Gasteiger partial charge in [0.05, 0.1) is 11.8 Å². The molecule has 2 aromatic heterocycles. The third kappa shape index (κ3) is 1.14. The molecule has 2 aromatic rings. The standard InChI is InChI=1S/C9H12N4/c1-12(2)9-8-7(4-5-10-9)13(3)6-11-8/h4-6H,1-3H3. The second-order valence-electron chi connectivity index (χ2n) is 3.25. The zero-order valence-corrected chi connectivity index (χ0v) is 8.02. The van der Waals surface area contributed by atoms with Gasteiger partial charge in [0.25, 0.3) is 0 Å². The lowest BCUT2D eigenvalue weighted by Gasteiger charge is -2.10. The van der Waals surface area contributed by atoms with Gasteiger partial charge in [0.2, 0.25) is 0 Å². The lowest BCUT2D eigenvalue weighted by molar-refractivity contribution is 0.947. The molecule has 0 amide bonds. The average Bonchev–Trinajstić information content (AvgIpc) is 2.48. The van der Waals surface area contributed by atoms with Gasteiger partial charge in [-0.2, -0.15) is 0 Å². The summed E-state index contributed by atoms with van der Waals surface area (Å²) in [5, 5.41) is 0. The Hall–Kier alpha value is -1.58. The number of imidazole rings is 1. The number of fused-ring (bicyclic) bond motifs is 1. The molecule has 0 saturated heterocycles. The highest BCUT2D eigenvalue weighted by Crippen LogP contribution is 2.19. The zero-order chi connectivity index (χ0) is 9.42. The van der Waals surface area contributed by atoms with Crippen molar-refractivity contribution in [3.05, 3.63) is 18.6 Å². The van der Waals surface area contributed by atoms with Crippen LogP contribution in [0.5, 0.6) is 0 Å². The van der Waals surface area contributed by atoms with Crippen LogP contribution in [0.15, 0.2) is 18.6 Å². The van der Waals surface area contributed by atoms with Crippen LogP contribution in [0.3, 0.4) is 0 Å². The van der Waals surface area contributed by atoms with Crippen molar-refractivity contribution < 1.29 is 0 Å². The van der Waals surface area contributed by atoms with E-state index in [-0.39, 0.29) is 0 Å². The Balaban J connectivity index is 2.77. The van der Waals surface area contributed by atoms with E-state index in [1.54, 1.807) is 12.5 Å². The number of rotatable bonds is 1. The molecule has 13 heavy (non-hydrogen) atoms. The molecule has 0 unspecified atom stereocenters. The summed E-state index contributed by atoms with van der Waals surface area (Å²) in [7, 11) is 5.92. The molecule has 0 aliphatic heterocycles. The third-order valence-electron chi connectivity index (χ3n) is 2.05. The number of hydrogen-bond acceptors (Lipinski definition) is 3. The fraction of sp³-hybridized carbons (Fsp3) is 0.333. The van der Waals surface area contributed by atoms with Crippen molar-refractivity contribution in [3.8, 4) is 0 Å². The maximum atomic E-state index is 4.30. The van der Waals surface area contributed by atoms with Crippen LogP contribution in [0.4, 0.5) is 5.82 Å². The van der Waals surface area contributed by atoms with Crippen molar-refractivity contribution in [2.45, 2.75) is 0 Å². The monoisotopic (exact) mass is 176 g/mol. The maximum Gasteiger partial charge on any atom is 0.156 e. The largest absolute Gasteiger partial charge is 0.361 e. The predicted molar refractivity (Wildman–Crippen MR) is 52.8 cm³/mol. The van der Waals surface area contributed by atoms with Crippen LogP contribution in [0.25, 0.3) is 11.0 Å². The Morgan fingerprint density at radius 2 is 2.08 bits per heavy atom. The smallest absolute Gasteiger partial charge is 0.156 e. The molecular formula is C9H12N4. The van der Waals surface area contributed by atoms with Gasteiger partial charge in [-0.3, -0.25) is 0 Å². The number of anilines is 1. The molecule has 0 aromatic carbocycles. The van der Waals surface area contributed by atoms with E-state index in [1.165, 1.54) is 0 Å². The molecule has 2 heterocycles. The van der Waals surface area contributed by atoms with Crippen molar-refractivity contribution in [2.24, 2.45) is 7.05 Å². The Morgan fingerprint density at radius 1 is 1.31 bits per heavy atom. The highest BCUT2D eigenvalue weighted by Gasteiger charge is 2.07. The number of nitrogens with zero attached hydrogens (tertiary/aromatic N) is 4. The Kier molecular flexibility index (Phi) is 1.69. The minimum Gasteiger partial charge on any atom is -0.361 e. The van der Waals surface area contributed by atoms with Gasteiger partial charge in [0, 0.05) is 27.3 Å². The molecule has 0 N–H and O–H groups in total. The van der Waals surface area contributed by atoms with Gasteiger partial charge in [-0.15, -0.1) is 0 Å². The number of aryl methyl sites for hydroxylation is 1. The van der Waals surface area contributed by atoms with Crippen LogP contribution >= 0.6 is 0 Å². The maximum absolute atomic E-state index is 4.30. The minimum absolute atomic E-state index is 0.915. The first-order valence-electron chi connectivity index (χ1n) is 4.13. The van der Waals surface area contributed by atoms with Gasteiger partial charge in [-0.25, -0.2) is 9.97 Å². The van der Waals surface area contributed by atoms with Crippen LogP contribution in [-0.4, -0.2) is 28.6 Å². The van der Waals surface area contributed by atoms with Crippen LogP contribution in [0, 0.1) is 0 Å². The molecule has 0 bridgehead atoms. The highest BCUT2D eigenvalue weighted by molar-refractivity contribution is 5.85. The molecule has 0 spiro atoms. The molecule has 0 aliphatic carbocycles. The fourth-order valence-electron chi connectivity index (χ4n) is 1.38. The summed E-state index contributed by atoms with van der Waals surface area (Å²) in [6, 6.07) is 1.97. The molecule has 4 heteroatoms. The first kappa shape index (κ1) is 8.04. The van der Waals surface area contributed by atoms with E-state index >= 15 is 0 Å². The minimum atomic E-state index is 0.915. The van der Waals surface area contributed by atoms with Gasteiger partial charge in [-0.1, -0.05) is 0 Å². The molecule has 2 rings (SSSR count). The van der Waals surface area contributed by atoms with E-state index < -0.39 is 0 Å². The van der Waals surface area contributed by atoms with Crippen molar-refractivity contribution in [2.75, 3.05) is 19.0 Å². The second-order valence-corrected chi connectivity index (χ2v) is 3.25. The van der Waals surface area contributed by atoms with Gasteiger partial charge >= 0.3 is 0 Å². The average molecular weight is 176 g/mol. The van der Waals surface area contributed by atoms with Crippen LogP contribution in [0.2, 0.25) is 0 Å². The molecule has 4 nitrogen and oxygen atoms in total. The molecule has 0 atom stereocenters. The van der Waals surface area contributed by atoms with Crippen molar-refractivity contribution in [1.82, 2.24) is 14.5 Å². The molecule has 0 saturated carbocycles. The summed E-state index contributed by atoms with van der Waals surface area (Å²) in [6.45, 7) is 0. The van der Waals surface area contributed by atoms with E-state index in [9.17, 15) is 0 Å². The zero-order valence-electron chi connectivity index (χ0n) is 8.02. The molecule has 0 fully saturated rings. The summed E-state index contributed by atoms with van der Waals surface area (Å²) in [6.07, 6.45) is 3.61. The lowest BCUT2D eigenvalue weighted by atomic mass is 10.3. The van der Waals surface area contributed by atoms with Gasteiger partial charge in [-0.05, 0) is 6.07 Å². The van der Waals surface area contributed by atoms with Crippen molar-refractivity contribution >= 4 is 16.9 Å². The molecule has 0 radical (unpaired) electrons. The van der Waals surface area contributed by atoms with Gasteiger partial charge in [0.15, 0.2) is 5.82 Å². The summed E-state index contributed by atoms with van der Waals surface area (Å²) >= 11 is 0. The van der Waals surface area contributed by atoms with E-state index in [1.807, 2.05) is 36.7 Å². The Labute approximate surface area is 76.8 Å². The summed E-state index contributed by atoms with van der Waals surface area (Å²) < 4.78 is 1.99. The van der Waals surface area contributed by atoms with E-state index in [0.29, 0.717) is 0 Å². The highest BCUT2D eigenvalue weighted by atomic mass is 15.2. The van der Waals surface area contributed by atoms with E-state index in [0.717, 1.165) is 16.9 Å². The Bertz CT molecular complexity index is 430. The first-order valence-corrected chi connectivity index (χ1v) is 4.13. The quantitative estimate of drug-likeness (QED) is 0.651. The SMILES string of the molecule is CN(C)c1nccc2c1ncn2C. The number of aromatic nitrogens is 3. The van der Waals surface area contributed by atoms with Crippen LogP contribution in [-0.2, 0) is 7.05 Å². The number of pyridine rings is 1. The second kappa shape index (κ2) is 2.73. The molecule has 0 aliphatic rings. The summed E-state index contributed by atoms with van der Waals surface area (Å²) in [5.74, 6) is 0.915. The van der Waals surface area contributed by atoms with E-state index in [4.69, 9.17) is 0 Å².